The number of fused-ring (bicyclic) bond motifs is 9. The van der Waals surface area contributed by atoms with Crippen molar-refractivity contribution in [2.75, 3.05) is 0 Å². The first-order chi connectivity index (χ1) is 36.6. The second-order valence-electron chi connectivity index (χ2n) is 12.8. The van der Waals surface area contributed by atoms with Crippen molar-refractivity contribution in [2.24, 2.45) is 0 Å². The predicted octanol–water partition coefficient (Wildman–Crippen LogP) is 13.9. The molecular weight excluding hydrogens is 717 g/mol. The van der Waals surface area contributed by atoms with Gasteiger partial charge in [0.05, 0.1) is 38.4 Å². The summed E-state index contributed by atoms with van der Waals surface area (Å²) in [5.74, 6) is 0.367. The highest BCUT2D eigenvalue weighted by molar-refractivity contribution is 7.25. The second-order valence-corrected chi connectivity index (χ2v) is 13.8. The Morgan fingerprint density at radius 2 is 0.947 bits per heavy atom. The van der Waals surface area contributed by atoms with E-state index in [0.717, 1.165) is 15.9 Å². The Morgan fingerprint density at radius 1 is 0.421 bits per heavy atom. The van der Waals surface area contributed by atoms with E-state index in [1.54, 1.807) is 48.5 Å². The summed E-state index contributed by atoms with van der Waals surface area (Å²) >= 11 is 0.804. The third-order valence-corrected chi connectivity index (χ3v) is 10.5. The van der Waals surface area contributed by atoms with Gasteiger partial charge in [-0.1, -0.05) is 127 Å². The van der Waals surface area contributed by atoms with E-state index in [1.807, 2.05) is 12.1 Å². The molecule has 0 radical (unpaired) electrons. The Kier molecular flexibility index (Phi) is 3.97. The Morgan fingerprint density at radius 3 is 1.58 bits per heavy atom. The van der Waals surface area contributed by atoms with Gasteiger partial charge in [0, 0.05) is 64.1 Å². The number of hydrogen-bond donors (Lipinski definition) is 0. The number of thiophene rings is 1. The Labute approximate surface area is 358 Å². The van der Waals surface area contributed by atoms with Gasteiger partial charge in [-0.15, -0.1) is 11.3 Å². The SMILES string of the molecule is [2H]c1c(-n2c3c([2H])c([2H])c([2H])c([2H])c3c3c([2H])c([2H])c([2H])c([2H])c32)c([2H])c2c(oc3c([2H])c(-c4c([2H])c([2H])c5c(sc6c([2H])c(-c7nc(-c8ccccc8)nc(-c8ccccc8)n7)c([2H])c([2H])c65)c4[2H])c([2H])c([2H])c32)c1[2H]. The Bertz CT molecular complexity index is 4560. The van der Waals surface area contributed by atoms with E-state index >= 15 is 0 Å². The van der Waals surface area contributed by atoms with E-state index in [-0.39, 0.29) is 60.0 Å². The van der Waals surface area contributed by atoms with Gasteiger partial charge in [-0.25, -0.2) is 15.0 Å². The summed E-state index contributed by atoms with van der Waals surface area (Å²) in [6, 6.07) is 4.47. The van der Waals surface area contributed by atoms with Crippen LogP contribution in [0.1, 0.15) is 27.4 Å². The van der Waals surface area contributed by atoms with E-state index in [0.29, 0.717) is 11.1 Å². The standard InChI is InChI=1S/C51H30N4OS/c1-3-11-31(12-4-1)49-52-50(32-13-5-2-6-14-32)54-51(53-49)35-21-25-41-40-24-20-34(28-47(40)57-48(41)29-35)33-19-23-39-42-30-36(22-26-45(42)56-46(39)27-33)55-43-17-9-7-15-37(43)38-16-8-10-18-44(38)55/h1-30H/i7D,8D,9D,10D,15D,16D,17D,18D,19D,20D,21D,22D,23D,24D,25D,26D,27D,28D,29D,30D. The molecule has 0 aliphatic carbocycles. The molecule has 0 spiro atoms. The molecule has 0 unspecified atom stereocenters. The van der Waals surface area contributed by atoms with E-state index in [2.05, 4.69) is 15.0 Å². The van der Waals surface area contributed by atoms with Crippen LogP contribution in [-0.2, 0) is 0 Å². The second kappa shape index (κ2) is 12.6. The lowest BCUT2D eigenvalue weighted by atomic mass is 10.0. The molecule has 0 N–H and O–H groups in total. The molecule has 0 atom stereocenters. The van der Waals surface area contributed by atoms with Crippen molar-refractivity contribution in [3.63, 3.8) is 0 Å². The van der Waals surface area contributed by atoms with E-state index in [9.17, 15) is 16.4 Å². The number of para-hydroxylation sites is 2. The highest BCUT2D eigenvalue weighted by atomic mass is 32.1. The van der Waals surface area contributed by atoms with Crippen LogP contribution in [0.3, 0.4) is 0 Å². The minimum absolute atomic E-state index is 0.0472. The van der Waals surface area contributed by atoms with E-state index in [1.165, 1.54) is 0 Å². The molecule has 6 heteroatoms. The molecule has 4 heterocycles. The van der Waals surface area contributed by atoms with Gasteiger partial charge in [0.2, 0.25) is 0 Å². The third-order valence-electron chi connectivity index (χ3n) is 9.44. The molecule has 0 bridgehead atoms. The fourth-order valence-electron chi connectivity index (χ4n) is 6.80. The van der Waals surface area contributed by atoms with Crippen molar-refractivity contribution in [1.29, 1.82) is 0 Å². The minimum Gasteiger partial charge on any atom is -0.456 e. The topological polar surface area (TPSA) is 56.7 Å². The minimum atomic E-state index is -0.814. The maximum Gasteiger partial charge on any atom is 0.164 e. The molecule has 57 heavy (non-hydrogen) atoms. The zero-order chi connectivity index (χ0) is 54.9. The molecule has 0 amide bonds. The number of hydrogen-bond acceptors (Lipinski definition) is 5. The van der Waals surface area contributed by atoms with Crippen LogP contribution in [0.25, 0.3) is 115 Å². The maximum atomic E-state index is 9.64. The van der Waals surface area contributed by atoms with Gasteiger partial charge in [0.15, 0.2) is 17.5 Å². The molecule has 12 aromatic rings. The van der Waals surface area contributed by atoms with Crippen LogP contribution >= 0.6 is 11.3 Å². The van der Waals surface area contributed by atoms with Gasteiger partial charge >= 0.3 is 0 Å². The van der Waals surface area contributed by atoms with Crippen LogP contribution in [0, 0.1) is 0 Å². The normalized spacial score (nSPS) is 16.8. The first-order valence-corrected chi connectivity index (χ1v) is 18.2. The van der Waals surface area contributed by atoms with Crippen LogP contribution in [0.2, 0.25) is 0 Å². The number of furan rings is 1. The zero-order valence-electron chi connectivity index (χ0n) is 48.9. The first kappa shape index (κ1) is 18.0. The average molecular weight is 767 g/mol. The summed E-state index contributed by atoms with van der Waals surface area (Å²) in [5.41, 5.74) is -2.48. The van der Waals surface area contributed by atoms with Gasteiger partial charge in [-0.05, 0) is 65.5 Å². The fraction of sp³-hybridized carbons (Fsp3) is 0. The molecular formula is C51H30N4OS. The van der Waals surface area contributed by atoms with Crippen molar-refractivity contribution in [2.45, 2.75) is 0 Å². The smallest absolute Gasteiger partial charge is 0.164 e. The monoisotopic (exact) mass is 766 g/mol. The van der Waals surface area contributed by atoms with Crippen LogP contribution in [0.4, 0.5) is 0 Å². The molecule has 4 aromatic heterocycles. The van der Waals surface area contributed by atoms with Gasteiger partial charge in [-0.3, -0.25) is 0 Å². The highest BCUT2D eigenvalue weighted by Crippen LogP contribution is 2.40. The predicted molar refractivity (Wildman–Crippen MR) is 236 cm³/mol. The average Bonchev–Trinajstić information content (AvgIpc) is 4.35. The largest absolute Gasteiger partial charge is 0.456 e. The number of nitrogens with zero attached hydrogens (tertiary/aromatic N) is 4. The first-order valence-electron chi connectivity index (χ1n) is 27.4. The quantitative estimate of drug-likeness (QED) is 0.175. The molecule has 12 rings (SSSR count). The summed E-state index contributed by atoms with van der Waals surface area (Å²) in [5, 5.41) is -1.72. The van der Waals surface area contributed by atoms with E-state index < -0.39 is 165 Å². The molecule has 0 aliphatic rings. The summed E-state index contributed by atoms with van der Waals surface area (Å²) in [7, 11) is 0. The van der Waals surface area contributed by atoms with Gasteiger partial charge in [0.25, 0.3) is 0 Å². The molecule has 0 aliphatic heterocycles. The highest BCUT2D eigenvalue weighted by Gasteiger charge is 2.17. The maximum absolute atomic E-state index is 9.64. The van der Waals surface area contributed by atoms with Crippen LogP contribution in [0.15, 0.2) is 186 Å². The van der Waals surface area contributed by atoms with Crippen LogP contribution in [0.5, 0.6) is 0 Å². The summed E-state index contributed by atoms with van der Waals surface area (Å²) in [6.45, 7) is 0. The van der Waals surface area contributed by atoms with Gasteiger partial charge in [-0.2, -0.15) is 0 Å². The molecule has 5 nitrogen and oxygen atoms in total. The summed E-state index contributed by atoms with van der Waals surface area (Å²) in [4.78, 5) is 14.0. The van der Waals surface area contributed by atoms with Gasteiger partial charge in [0.1, 0.15) is 11.2 Å². The molecule has 0 saturated heterocycles. The molecule has 0 saturated carbocycles. The fourth-order valence-corrected chi connectivity index (χ4v) is 7.83. The Hall–Kier alpha value is -7.41. The van der Waals surface area contributed by atoms with Crippen molar-refractivity contribution < 1.29 is 31.8 Å². The van der Waals surface area contributed by atoms with Crippen molar-refractivity contribution >= 4 is 75.3 Å². The van der Waals surface area contributed by atoms with Gasteiger partial charge < -0.3 is 8.98 Å². The van der Waals surface area contributed by atoms with Crippen molar-refractivity contribution in [1.82, 2.24) is 19.5 Å². The Balaban J connectivity index is 1.10. The van der Waals surface area contributed by atoms with Crippen molar-refractivity contribution in [3.8, 4) is 51.0 Å². The third kappa shape index (κ3) is 5.19. The molecule has 0 fully saturated rings. The molecule has 8 aromatic carbocycles. The number of rotatable bonds is 5. The zero-order valence-corrected chi connectivity index (χ0v) is 29.7. The van der Waals surface area contributed by atoms with E-state index in [4.69, 9.17) is 15.4 Å². The lowest BCUT2D eigenvalue weighted by Gasteiger charge is -2.08. The van der Waals surface area contributed by atoms with Crippen LogP contribution in [-0.4, -0.2) is 19.5 Å². The number of aromatic nitrogens is 4. The van der Waals surface area contributed by atoms with Crippen molar-refractivity contribution in [3.05, 3.63) is 182 Å². The summed E-state index contributed by atoms with van der Waals surface area (Å²) < 4.78 is 189. The lowest BCUT2D eigenvalue weighted by molar-refractivity contribution is 0.669. The number of benzene rings is 8. The molecule has 266 valence electrons. The summed E-state index contributed by atoms with van der Waals surface area (Å²) in [6.07, 6.45) is 0. The van der Waals surface area contributed by atoms with Crippen LogP contribution < -0.4 is 0 Å². The lowest BCUT2D eigenvalue weighted by Crippen LogP contribution is -1.99.